The number of hydrogen-bond donors (Lipinski definition) is 1. The van der Waals surface area contributed by atoms with Crippen molar-refractivity contribution in [3.63, 3.8) is 0 Å². The van der Waals surface area contributed by atoms with Crippen molar-refractivity contribution in [2.24, 2.45) is 0 Å². The molecule has 5 nitrogen and oxygen atoms in total. The van der Waals surface area contributed by atoms with Crippen molar-refractivity contribution in [1.29, 1.82) is 0 Å². The molecule has 1 atom stereocenters. The van der Waals surface area contributed by atoms with E-state index in [9.17, 15) is 5.11 Å². The van der Waals surface area contributed by atoms with Gasteiger partial charge in [-0.3, -0.25) is 4.90 Å². The van der Waals surface area contributed by atoms with E-state index in [1.165, 1.54) is 24.2 Å². The molecule has 1 fully saturated rings. The number of thiazole rings is 1. The topological polar surface area (TPSA) is 53.7 Å². The molecule has 0 spiro atoms. The third-order valence-electron chi connectivity index (χ3n) is 4.51. The van der Waals surface area contributed by atoms with Gasteiger partial charge >= 0.3 is 0 Å². The monoisotopic (exact) mass is 362 g/mol. The van der Waals surface area contributed by atoms with Crippen LogP contribution in [0.15, 0.2) is 24.3 Å². The first-order valence-electron chi connectivity index (χ1n) is 8.24. The normalized spacial score (nSPS) is 16.9. The van der Waals surface area contributed by atoms with E-state index >= 15 is 0 Å². The molecule has 1 aromatic carbocycles. The Morgan fingerprint density at radius 1 is 1.29 bits per heavy atom. The Morgan fingerprint density at radius 2 is 2.04 bits per heavy atom. The van der Waals surface area contributed by atoms with E-state index in [-0.39, 0.29) is 11.9 Å². The van der Waals surface area contributed by atoms with Gasteiger partial charge in [-0.1, -0.05) is 48.1 Å². The van der Waals surface area contributed by atoms with Gasteiger partial charge in [0.15, 0.2) is 5.82 Å². The van der Waals surface area contributed by atoms with Crippen molar-refractivity contribution in [1.82, 2.24) is 19.5 Å². The van der Waals surface area contributed by atoms with E-state index in [4.69, 9.17) is 11.6 Å². The van der Waals surface area contributed by atoms with Gasteiger partial charge in [-0.25, -0.2) is 4.98 Å². The summed E-state index contributed by atoms with van der Waals surface area (Å²) in [6.07, 6.45) is 3.09. The van der Waals surface area contributed by atoms with Crippen LogP contribution in [0.5, 0.6) is 5.88 Å². The summed E-state index contributed by atoms with van der Waals surface area (Å²) in [6, 6.07) is 7.82. The predicted octanol–water partition coefficient (Wildman–Crippen LogP) is 3.90. The van der Waals surface area contributed by atoms with Crippen LogP contribution < -0.4 is 0 Å². The van der Waals surface area contributed by atoms with Crippen LogP contribution in [0.2, 0.25) is 5.02 Å². The lowest BCUT2D eigenvalue weighted by molar-refractivity contribution is 0.277. The van der Waals surface area contributed by atoms with Crippen molar-refractivity contribution in [2.45, 2.75) is 32.2 Å². The smallest absolute Gasteiger partial charge is 0.230 e. The number of aromatic hydroxyl groups is 1. The number of halogens is 1. The highest BCUT2D eigenvalue weighted by molar-refractivity contribution is 7.17. The molecular weight excluding hydrogens is 344 g/mol. The SMILES string of the molecule is CCc1nc2sc([C@@H](c3ccccc3Cl)N3CCCC3)c(O)n2n1. The minimum absolute atomic E-state index is 0.0558. The van der Waals surface area contributed by atoms with Gasteiger partial charge in [-0.05, 0) is 37.6 Å². The second-order valence-corrected chi connectivity index (χ2v) is 7.45. The third kappa shape index (κ3) is 2.59. The lowest BCUT2D eigenvalue weighted by atomic mass is 10.0. The zero-order valence-electron chi connectivity index (χ0n) is 13.4. The van der Waals surface area contributed by atoms with E-state index < -0.39 is 0 Å². The summed E-state index contributed by atoms with van der Waals surface area (Å²) < 4.78 is 1.55. The van der Waals surface area contributed by atoms with Crippen LogP contribution in [0.1, 0.15) is 42.1 Å². The van der Waals surface area contributed by atoms with E-state index in [1.807, 2.05) is 31.2 Å². The highest BCUT2D eigenvalue weighted by Crippen LogP contribution is 2.42. The molecule has 0 radical (unpaired) electrons. The molecule has 126 valence electrons. The average Bonchev–Trinajstić information content (AvgIpc) is 3.29. The summed E-state index contributed by atoms with van der Waals surface area (Å²) >= 11 is 7.98. The van der Waals surface area contributed by atoms with Crippen LogP contribution in [-0.4, -0.2) is 37.7 Å². The Labute approximate surface area is 149 Å². The zero-order valence-corrected chi connectivity index (χ0v) is 15.0. The molecule has 0 unspecified atom stereocenters. The summed E-state index contributed by atoms with van der Waals surface area (Å²) in [4.78, 5) is 8.47. The van der Waals surface area contributed by atoms with Crippen LogP contribution in [0.4, 0.5) is 0 Å². The summed E-state index contributed by atoms with van der Waals surface area (Å²) in [5.41, 5.74) is 1.02. The number of benzene rings is 1. The first-order valence-corrected chi connectivity index (χ1v) is 9.44. The van der Waals surface area contributed by atoms with E-state index in [0.717, 1.165) is 45.8 Å². The van der Waals surface area contributed by atoms with Crippen LogP contribution in [0.25, 0.3) is 4.96 Å². The van der Waals surface area contributed by atoms with Gasteiger partial charge in [0.25, 0.3) is 0 Å². The van der Waals surface area contributed by atoms with Gasteiger partial charge in [0.05, 0.1) is 10.9 Å². The molecule has 0 amide bonds. The Kier molecular flexibility index (Phi) is 4.20. The van der Waals surface area contributed by atoms with Crippen molar-refractivity contribution < 1.29 is 5.11 Å². The average molecular weight is 363 g/mol. The largest absolute Gasteiger partial charge is 0.492 e. The number of likely N-dealkylation sites (tertiary alicyclic amines) is 1. The van der Waals surface area contributed by atoms with Crippen LogP contribution in [0, 0.1) is 0 Å². The Morgan fingerprint density at radius 3 is 2.71 bits per heavy atom. The second kappa shape index (κ2) is 6.35. The second-order valence-electron chi connectivity index (χ2n) is 6.03. The Hall–Kier alpha value is -1.63. The number of nitrogens with zero attached hydrogens (tertiary/aromatic N) is 4. The van der Waals surface area contributed by atoms with Gasteiger partial charge in [-0.15, -0.1) is 5.10 Å². The molecule has 1 aliphatic rings. The lowest BCUT2D eigenvalue weighted by Gasteiger charge is -2.27. The fraction of sp³-hybridized carbons (Fsp3) is 0.412. The first kappa shape index (κ1) is 15.9. The van der Waals surface area contributed by atoms with Crippen LogP contribution >= 0.6 is 22.9 Å². The maximum absolute atomic E-state index is 10.8. The fourth-order valence-electron chi connectivity index (χ4n) is 3.32. The molecule has 4 rings (SSSR count). The highest BCUT2D eigenvalue weighted by atomic mass is 35.5. The van der Waals surface area contributed by atoms with E-state index in [1.54, 1.807) is 4.52 Å². The van der Waals surface area contributed by atoms with Gasteiger partial charge in [0.1, 0.15) is 0 Å². The maximum atomic E-state index is 10.8. The summed E-state index contributed by atoms with van der Waals surface area (Å²) in [7, 11) is 0. The molecule has 7 heteroatoms. The summed E-state index contributed by atoms with van der Waals surface area (Å²) in [5, 5.41) is 15.9. The highest BCUT2D eigenvalue weighted by Gasteiger charge is 2.32. The number of hydrogen-bond acceptors (Lipinski definition) is 5. The van der Waals surface area contributed by atoms with Gasteiger partial charge in [0.2, 0.25) is 10.8 Å². The van der Waals surface area contributed by atoms with E-state index in [2.05, 4.69) is 15.0 Å². The summed E-state index contributed by atoms with van der Waals surface area (Å²) in [6.45, 7) is 4.01. The number of rotatable bonds is 4. The maximum Gasteiger partial charge on any atom is 0.230 e. The number of fused-ring (bicyclic) bond motifs is 1. The standard InChI is InChI=1S/C17H19ClN4OS/c1-2-13-19-17-22(20-13)16(23)15(24-17)14(21-9-5-6-10-21)11-7-3-4-8-12(11)18/h3-4,7-8,14,23H,2,5-6,9-10H2,1H3/t14-/m1/s1. The molecule has 3 heterocycles. The van der Waals surface area contributed by atoms with Gasteiger partial charge in [-0.2, -0.15) is 4.52 Å². The molecule has 0 saturated carbocycles. The molecular formula is C17H19ClN4OS. The predicted molar refractivity (Wildman–Crippen MR) is 96.0 cm³/mol. The minimum atomic E-state index is -0.0558. The molecule has 2 aromatic heterocycles. The number of aryl methyl sites for hydroxylation is 1. The third-order valence-corrected chi connectivity index (χ3v) is 5.93. The Balaban J connectivity index is 1.85. The van der Waals surface area contributed by atoms with Gasteiger partial charge in [0, 0.05) is 11.4 Å². The van der Waals surface area contributed by atoms with Gasteiger partial charge < -0.3 is 5.11 Å². The minimum Gasteiger partial charge on any atom is -0.492 e. The molecule has 3 aromatic rings. The fourth-order valence-corrected chi connectivity index (χ4v) is 4.68. The molecule has 0 aliphatic carbocycles. The van der Waals surface area contributed by atoms with E-state index in [0.29, 0.717) is 0 Å². The quantitative estimate of drug-likeness (QED) is 0.764. The van der Waals surface area contributed by atoms with Crippen molar-refractivity contribution in [2.75, 3.05) is 13.1 Å². The van der Waals surface area contributed by atoms with Crippen LogP contribution in [-0.2, 0) is 6.42 Å². The molecule has 0 bridgehead atoms. The Bertz CT molecular complexity index is 869. The molecule has 1 aliphatic heterocycles. The molecule has 1 saturated heterocycles. The van der Waals surface area contributed by atoms with Crippen molar-refractivity contribution >= 4 is 27.9 Å². The lowest BCUT2D eigenvalue weighted by Crippen LogP contribution is -2.26. The first-order chi connectivity index (χ1) is 11.7. The zero-order chi connectivity index (χ0) is 16.7. The summed E-state index contributed by atoms with van der Waals surface area (Å²) in [5.74, 6) is 0.928. The number of aromatic nitrogens is 3. The van der Waals surface area contributed by atoms with Crippen molar-refractivity contribution in [3.8, 4) is 5.88 Å². The van der Waals surface area contributed by atoms with Crippen molar-refractivity contribution in [3.05, 3.63) is 45.6 Å². The molecule has 24 heavy (non-hydrogen) atoms. The van der Waals surface area contributed by atoms with Crippen LogP contribution in [0.3, 0.4) is 0 Å². The molecule has 1 N–H and O–H groups in total.